The third-order valence-electron chi connectivity index (χ3n) is 3.07. The van der Waals surface area contributed by atoms with Gasteiger partial charge in [-0.3, -0.25) is 0 Å². The molecule has 96 valence electrons. The van der Waals surface area contributed by atoms with E-state index in [2.05, 4.69) is 36.3 Å². The molecule has 3 heteroatoms. The van der Waals surface area contributed by atoms with Gasteiger partial charge in [0.1, 0.15) is 5.76 Å². The van der Waals surface area contributed by atoms with Crippen molar-refractivity contribution in [3.63, 3.8) is 0 Å². The molecule has 2 aromatic rings. The molecule has 1 unspecified atom stereocenters. The van der Waals surface area contributed by atoms with Gasteiger partial charge in [-0.15, -0.1) is 0 Å². The minimum Gasteiger partial charge on any atom is -0.396 e. The zero-order valence-corrected chi connectivity index (χ0v) is 10.7. The Morgan fingerprint density at radius 2 is 2.06 bits per heavy atom. The summed E-state index contributed by atoms with van der Waals surface area (Å²) in [6.07, 6.45) is 2.36. The quantitative estimate of drug-likeness (QED) is 0.851. The van der Waals surface area contributed by atoms with Crippen LogP contribution in [0.4, 0.5) is 0 Å². The molecule has 0 saturated carbocycles. The number of aliphatic hydroxyl groups is 1. The maximum absolute atomic E-state index is 8.77. The number of hydrogen-bond acceptors (Lipinski definition) is 3. The van der Waals surface area contributed by atoms with Crippen molar-refractivity contribution in [2.75, 3.05) is 6.61 Å². The largest absolute Gasteiger partial charge is 0.396 e. The van der Waals surface area contributed by atoms with E-state index in [1.807, 2.05) is 12.1 Å². The van der Waals surface area contributed by atoms with Gasteiger partial charge in [-0.05, 0) is 24.3 Å². The first kappa shape index (κ1) is 12.8. The summed E-state index contributed by atoms with van der Waals surface area (Å²) in [6.45, 7) is 2.38. The molecule has 1 atom stereocenters. The predicted octanol–water partition coefficient (Wildman–Crippen LogP) is 2.95. The van der Waals surface area contributed by atoms with Gasteiger partial charge >= 0.3 is 0 Å². The van der Waals surface area contributed by atoms with Crippen molar-refractivity contribution in [2.24, 2.45) is 0 Å². The Bertz CT molecular complexity index is 464. The van der Waals surface area contributed by atoms with Crippen LogP contribution >= 0.6 is 0 Å². The van der Waals surface area contributed by atoms with Crippen molar-refractivity contribution >= 4 is 0 Å². The number of rotatable bonds is 6. The number of benzene rings is 1. The van der Waals surface area contributed by atoms with Crippen LogP contribution in [0.5, 0.6) is 0 Å². The molecule has 1 aromatic heterocycles. The number of aromatic nitrogens is 1. The Balaban J connectivity index is 1.95. The van der Waals surface area contributed by atoms with Crippen LogP contribution in [0, 0.1) is 0 Å². The maximum atomic E-state index is 8.77. The number of nitrogens with zero attached hydrogens (tertiary/aromatic N) is 1. The van der Waals surface area contributed by atoms with Crippen LogP contribution in [0.15, 0.2) is 40.9 Å². The van der Waals surface area contributed by atoms with Gasteiger partial charge in [-0.1, -0.05) is 42.4 Å². The summed E-state index contributed by atoms with van der Waals surface area (Å²) in [5, 5.41) is 12.8. The molecule has 3 nitrogen and oxygen atoms in total. The van der Waals surface area contributed by atoms with Gasteiger partial charge in [-0.25, -0.2) is 0 Å². The lowest BCUT2D eigenvalue weighted by Gasteiger charge is -2.08. The molecule has 0 saturated heterocycles. The van der Waals surface area contributed by atoms with Gasteiger partial charge in [0.15, 0.2) is 0 Å². The molecule has 1 N–H and O–H groups in total. The Morgan fingerprint density at radius 3 is 2.78 bits per heavy atom. The predicted molar refractivity (Wildman–Crippen MR) is 70.5 cm³/mol. The average molecular weight is 245 g/mol. The van der Waals surface area contributed by atoms with Crippen LogP contribution in [0.1, 0.15) is 36.3 Å². The molecule has 2 rings (SSSR count). The number of hydrogen-bond donors (Lipinski definition) is 1. The summed E-state index contributed by atoms with van der Waals surface area (Å²) in [6, 6.07) is 12.4. The van der Waals surface area contributed by atoms with Gasteiger partial charge in [0.2, 0.25) is 0 Å². The van der Waals surface area contributed by atoms with Gasteiger partial charge < -0.3 is 9.63 Å². The molecule has 0 aliphatic heterocycles. The lowest BCUT2D eigenvalue weighted by Crippen LogP contribution is -1.98. The Kier molecular flexibility index (Phi) is 4.53. The van der Waals surface area contributed by atoms with Crippen LogP contribution in [0.2, 0.25) is 0 Å². The third-order valence-corrected chi connectivity index (χ3v) is 3.07. The summed E-state index contributed by atoms with van der Waals surface area (Å²) in [5.74, 6) is 1.29. The van der Waals surface area contributed by atoms with Gasteiger partial charge in [0.05, 0.1) is 5.69 Å². The zero-order valence-electron chi connectivity index (χ0n) is 10.7. The molecule has 1 aromatic carbocycles. The third kappa shape index (κ3) is 3.44. The molecule has 0 fully saturated rings. The standard InChI is InChI=1S/C15H19NO2/c1-12(13-6-3-2-4-7-13)10-14-11-15(18-16-14)8-5-9-17/h2-4,6-7,11-12,17H,5,8-10H2,1H3. The lowest BCUT2D eigenvalue weighted by atomic mass is 9.96. The van der Waals surface area contributed by atoms with E-state index in [4.69, 9.17) is 9.63 Å². The van der Waals surface area contributed by atoms with Crippen molar-refractivity contribution in [3.8, 4) is 0 Å². The van der Waals surface area contributed by atoms with E-state index in [0.717, 1.165) is 30.7 Å². The molecule has 0 spiro atoms. The molecule has 0 aliphatic carbocycles. The first-order chi connectivity index (χ1) is 8.79. The second-order valence-electron chi connectivity index (χ2n) is 4.63. The smallest absolute Gasteiger partial charge is 0.137 e. The Hall–Kier alpha value is -1.61. The van der Waals surface area contributed by atoms with E-state index in [1.165, 1.54) is 5.56 Å². The maximum Gasteiger partial charge on any atom is 0.137 e. The highest BCUT2D eigenvalue weighted by molar-refractivity contribution is 5.21. The second-order valence-corrected chi connectivity index (χ2v) is 4.63. The minimum atomic E-state index is 0.191. The van der Waals surface area contributed by atoms with Crippen LogP contribution in [-0.4, -0.2) is 16.9 Å². The van der Waals surface area contributed by atoms with Crippen molar-refractivity contribution in [1.82, 2.24) is 5.16 Å². The summed E-state index contributed by atoms with van der Waals surface area (Å²) in [7, 11) is 0. The van der Waals surface area contributed by atoms with Crippen molar-refractivity contribution in [3.05, 3.63) is 53.4 Å². The first-order valence-corrected chi connectivity index (χ1v) is 6.40. The summed E-state index contributed by atoms with van der Waals surface area (Å²) in [5.41, 5.74) is 2.30. The van der Waals surface area contributed by atoms with E-state index in [-0.39, 0.29) is 6.61 Å². The van der Waals surface area contributed by atoms with Crippen LogP contribution < -0.4 is 0 Å². The average Bonchev–Trinajstić information content (AvgIpc) is 2.85. The van der Waals surface area contributed by atoms with Gasteiger partial charge in [-0.2, -0.15) is 0 Å². The molecule has 0 bridgehead atoms. The van der Waals surface area contributed by atoms with Crippen molar-refractivity contribution < 1.29 is 9.63 Å². The van der Waals surface area contributed by atoms with E-state index in [0.29, 0.717) is 5.92 Å². The summed E-state index contributed by atoms with van der Waals surface area (Å²) < 4.78 is 5.24. The van der Waals surface area contributed by atoms with Crippen LogP contribution in [0.3, 0.4) is 0 Å². The summed E-state index contributed by atoms with van der Waals surface area (Å²) >= 11 is 0. The highest BCUT2D eigenvalue weighted by atomic mass is 16.5. The van der Waals surface area contributed by atoms with Crippen molar-refractivity contribution in [2.45, 2.75) is 32.1 Å². The molecule has 0 radical (unpaired) electrons. The van der Waals surface area contributed by atoms with Gasteiger partial charge in [0, 0.05) is 19.1 Å². The molecular formula is C15H19NO2. The fourth-order valence-electron chi connectivity index (χ4n) is 2.04. The second kappa shape index (κ2) is 6.36. The van der Waals surface area contributed by atoms with Gasteiger partial charge in [0.25, 0.3) is 0 Å². The zero-order chi connectivity index (χ0) is 12.8. The molecule has 0 amide bonds. The van der Waals surface area contributed by atoms with Crippen molar-refractivity contribution in [1.29, 1.82) is 0 Å². The van der Waals surface area contributed by atoms with E-state index >= 15 is 0 Å². The van der Waals surface area contributed by atoms with E-state index < -0.39 is 0 Å². The van der Waals surface area contributed by atoms with Crippen LogP contribution in [-0.2, 0) is 12.8 Å². The first-order valence-electron chi connectivity index (χ1n) is 6.40. The van der Waals surface area contributed by atoms with E-state index in [1.54, 1.807) is 0 Å². The molecule has 0 aliphatic rings. The topological polar surface area (TPSA) is 46.3 Å². The monoisotopic (exact) mass is 245 g/mol. The summed E-state index contributed by atoms with van der Waals surface area (Å²) in [4.78, 5) is 0. The molecular weight excluding hydrogens is 226 g/mol. The fourth-order valence-corrected chi connectivity index (χ4v) is 2.04. The highest BCUT2D eigenvalue weighted by Crippen LogP contribution is 2.20. The number of aryl methyl sites for hydroxylation is 1. The van der Waals surface area contributed by atoms with Crippen LogP contribution in [0.25, 0.3) is 0 Å². The molecule has 1 heterocycles. The fraction of sp³-hybridized carbons (Fsp3) is 0.400. The highest BCUT2D eigenvalue weighted by Gasteiger charge is 2.10. The molecule has 18 heavy (non-hydrogen) atoms. The Morgan fingerprint density at radius 1 is 1.28 bits per heavy atom. The number of aliphatic hydroxyl groups excluding tert-OH is 1. The van der Waals surface area contributed by atoms with E-state index in [9.17, 15) is 0 Å². The SMILES string of the molecule is CC(Cc1cc(CCCO)on1)c1ccccc1. The Labute approximate surface area is 107 Å². The lowest BCUT2D eigenvalue weighted by molar-refractivity contribution is 0.279. The normalized spacial score (nSPS) is 12.6. The minimum absolute atomic E-state index is 0.191.